The molecule has 0 heterocycles. The van der Waals surface area contributed by atoms with Gasteiger partial charge in [-0.3, -0.25) is 0 Å². The number of halogens is 1. The summed E-state index contributed by atoms with van der Waals surface area (Å²) >= 11 is 2.51. The Hall–Kier alpha value is -1.43. The van der Waals surface area contributed by atoms with Crippen LogP contribution in [0.15, 0.2) is 30.3 Å². The maximum Gasteiger partial charge on any atom is 0.0392 e. The van der Waals surface area contributed by atoms with Crippen molar-refractivity contribution in [1.29, 1.82) is 0 Å². The summed E-state index contributed by atoms with van der Waals surface area (Å²) in [5, 5.41) is 0. The molecule has 0 fully saturated rings. The van der Waals surface area contributed by atoms with Gasteiger partial charge in [0.05, 0.1) is 0 Å². The normalized spacial score (nSPS) is 20.9. The Morgan fingerprint density at radius 1 is 0.950 bits per heavy atom. The molecule has 104 valence electrons. The van der Waals surface area contributed by atoms with Gasteiger partial charge in [-0.15, -0.1) is 0 Å². The second-order valence-corrected chi connectivity index (χ2v) is 6.95. The van der Waals surface area contributed by atoms with Gasteiger partial charge in [-0.2, -0.15) is 0 Å². The number of benzene rings is 2. The fraction of sp³-hybridized carbons (Fsp3) is 0.250. The molecule has 0 bridgehead atoms. The molecule has 1 aliphatic carbocycles. The Bertz CT molecular complexity index is 661. The number of nitrogens with two attached hydrogens (primary N) is 3. The molecule has 1 aliphatic rings. The zero-order valence-corrected chi connectivity index (χ0v) is 13.5. The third-order valence-corrected chi connectivity index (χ3v) is 5.82. The molecule has 20 heavy (non-hydrogen) atoms. The van der Waals surface area contributed by atoms with Gasteiger partial charge in [0.15, 0.2) is 0 Å². The monoisotopic (exact) mass is 379 g/mol. The van der Waals surface area contributed by atoms with E-state index in [-0.39, 0.29) is 0 Å². The van der Waals surface area contributed by atoms with Crippen molar-refractivity contribution in [2.45, 2.75) is 17.3 Å². The SMILES string of the molecule is CC1Cc2c(-c3cc(N)cc(N)c3)cc(N)cc2C1I. The Labute approximate surface area is 132 Å². The van der Waals surface area contributed by atoms with Gasteiger partial charge < -0.3 is 17.2 Å². The topological polar surface area (TPSA) is 78.1 Å². The van der Waals surface area contributed by atoms with E-state index in [1.165, 1.54) is 16.7 Å². The molecule has 0 saturated carbocycles. The molecule has 0 spiro atoms. The van der Waals surface area contributed by atoms with Crippen molar-refractivity contribution in [3.05, 3.63) is 41.5 Å². The Morgan fingerprint density at radius 3 is 2.20 bits per heavy atom. The summed E-state index contributed by atoms with van der Waals surface area (Å²) in [5.74, 6) is 0.629. The van der Waals surface area contributed by atoms with Crippen LogP contribution < -0.4 is 17.2 Å². The number of alkyl halides is 1. The molecule has 4 heteroatoms. The number of fused-ring (bicyclic) bond motifs is 1. The van der Waals surface area contributed by atoms with Crippen molar-refractivity contribution in [3.63, 3.8) is 0 Å². The summed E-state index contributed by atoms with van der Waals surface area (Å²) in [6, 6.07) is 9.86. The van der Waals surface area contributed by atoms with Crippen LogP contribution >= 0.6 is 22.6 Å². The van der Waals surface area contributed by atoms with E-state index < -0.39 is 0 Å². The summed E-state index contributed by atoms with van der Waals surface area (Å²) in [7, 11) is 0. The van der Waals surface area contributed by atoms with Crippen LogP contribution in [-0.2, 0) is 6.42 Å². The minimum Gasteiger partial charge on any atom is -0.399 e. The lowest BCUT2D eigenvalue weighted by Crippen LogP contribution is -1.96. The summed E-state index contributed by atoms with van der Waals surface area (Å²) in [5.41, 5.74) is 25.1. The molecule has 0 aromatic heterocycles. The van der Waals surface area contributed by atoms with Gasteiger partial charge in [0.2, 0.25) is 0 Å². The van der Waals surface area contributed by atoms with Gasteiger partial charge in [-0.05, 0) is 64.9 Å². The van der Waals surface area contributed by atoms with Gasteiger partial charge >= 0.3 is 0 Å². The lowest BCUT2D eigenvalue weighted by Gasteiger charge is -2.13. The average molecular weight is 379 g/mol. The second kappa shape index (κ2) is 4.84. The number of hydrogen-bond donors (Lipinski definition) is 3. The molecular formula is C16H18IN3. The second-order valence-electron chi connectivity index (χ2n) is 5.61. The molecule has 2 aromatic carbocycles. The van der Waals surface area contributed by atoms with E-state index in [1.54, 1.807) is 6.07 Å². The van der Waals surface area contributed by atoms with Gasteiger partial charge in [-0.25, -0.2) is 0 Å². The molecule has 0 aliphatic heterocycles. The molecule has 0 amide bonds. The van der Waals surface area contributed by atoms with E-state index in [9.17, 15) is 0 Å². The lowest BCUT2D eigenvalue weighted by molar-refractivity contribution is 0.631. The Kier molecular flexibility index (Phi) is 3.28. The van der Waals surface area contributed by atoms with Gasteiger partial charge in [0.1, 0.15) is 0 Å². The van der Waals surface area contributed by atoms with Crippen molar-refractivity contribution < 1.29 is 0 Å². The summed E-state index contributed by atoms with van der Waals surface area (Å²) in [4.78, 5) is 0. The van der Waals surface area contributed by atoms with E-state index in [0.717, 1.165) is 17.7 Å². The third kappa shape index (κ3) is 2.22. The van der Waals surface area contributed by atoms with E-state index in [0.29, 0.717) is 21.2 Å². The summed E-state index contributed by atoms with van der Waals surface area (Å²) in [6.07, 6.45) is 1.08. The molecule has 2 atom stereocenters. The van der Waals surface area contributed by atoms with Crippen LogP contribution in [-0.4, -0.2) is 0 Å². The summed E-state index contributed by atoms with van der Waals surface area (Å²) in [6.45, 7) is 2.28. The zero-order valence-electron chi connectivity index (χ0n) is 11.4. The van der Waals surface area contributed by atoms with Crippen LogP contribution in [0.1, 0.15) is 22.0 Å². The van der Waals surface area contributed by atoms with Gasteiger partial charge in [-0.1, -0.05) is 29.5 Å². The Balaban J connectivity index is 2.23. The predicted molar refractivity (Wildman–Crippen MR) is 94.7 cm³/mol. The molecule has 3 nitrogen and oxygen atoms in total. The first kappa shape index (κ1) is 13.5. The number of hydrogen-bond acceptors (Lipinski definition) is 3. The minimum atomic E-state index is 0.517. The number of rotatable bonds is 1. The minimum absolute atomic E-state index is 0.517. The van der Waals surface area contributed by atoms with Crippen molar-refractivity contribution in [2.75, 3.05) is 17.2 Å². The fourth-order valence-corrected chi connectivity index (χ4v) is 3.82. The standard InChI is InChI=1S/C16H18IN3/c1-8-2-14-13(6-12(20)7-15(14)16(8)17)9-3-10(18)5-11(19)4-9/h3-8,16H,2,18-20H2,1H3. The molecular weight excluding hydrogens is 361 g/mol. The Morgan fingerprint density at radius 2 is 1.55 bits per heavy atom. The van der Waals surface area contributed by atoms with Crippen molar-refractivity contribution in [3.8, 4) is 11.1 Å². The third-order valence-electron chi connectivity index (χ3n) is 3.92. The molecule has 0 saturated heterocycles. The van der Waals surface area contributed by atoms with Crippen molar-refractivity contribution in [1.82, 2.24) is 0 Å². The zero-order chi connectivity index (χ0) is 14.4. The smallest absolute Gasteiger partial charge is 0.0392 e. The first-order valence-electron chi connectivity index (χ1n) is 6.68. The number of anilines is 3. The average Bonchev–Trinajstić information content (AvgIpc) is 2.64. The van der Waals surface area contributed by atoms with E-state index in [4.69, 9.17) is 17.2 Å². The molecule has 3 rings (SSSR count). The maximum absolute atomic E-state index is 6.09. The molecule has 2 aromatic rings. The quantitative estimate of drug-likeness (QED) is 0.401. The van der Waals surface area contributed by atoms with Crippen LogP contribution in [0.4, 0.5) is 17.1 Å². The van der Waals surface area contributed by atoms with Crippen molar-refractivity contribution in [2.24, 2.45) is 5.92 Å². The number of nitrogen functional groups attached to an aromatic ring is 3. The summed E-state index contributed by atoms with van der Waals surface area (Å²) < 4.78 is 0.517. The van der Waals surface area contributed by atoms with E-state index in [2.05, 4.69) is 35.6 Å². The highest BCUT2D eigenvalue weighted by Gasteiger charge is 2.29. The molecule has 6 N–H and O–H groups in total. The van der Waals surface area contributed by atoms with Crippen LogP contribution in [0.3, 0.4) is 0 Å². The highest BCUT2D eigenvalue weighted by Crippen LogP contribution is 2.47. The van der Waals surface area contributed by atoms with Crippen LogP contribution in [0.25, 0.3) is 11.1 Å². The molecule has 0 radical (unpaired) electrons. The highest BCUT2D eigenvalue weighted by molar-refractivity contribution is 14.1. The largest absolute Gasteiger partial charge is 0.399 e. The molecule has 2 unspecified atom stereocenters. The lowest BCUT2D eigenvalue weighted by atomic mass is 9.95. The van der Waals surface area contributed by atoms with Gasteiger partial charge in [0.25, 0.3) is 0 Å². The highest BCUT2D eigenvalue weighted by atomic mass is 127. The van der Waals surface area contributed by atoms with Crippen molar-refractivity contribution >= 4 is 39.7 Å². The first-order chi connectivity index (χ1) is 9.45. The van der Waals surface area contributed by atoms with E-state index >= 15 is 0 Å². The maximum atomic E-state index is 6.09. The first-order valence-corrected chi connectivity index (χ1v) is 7.93. The van der Waals surface area contributed by atoms with Crippen LogP contribution in [0, 0.1) is 5.92 Å². The van der Waals surface area contributed by atoms with E-state index in [1.807, 2.05) is 18.2 Å². The predicted octanol–water partition coefficient (Wildman–Crippen LogP) is 3.77. The fourth-order valence-electron chi connectivity index (χ4n) is 3.01. The van der Waals surface area contributed by atoms with Gasteiger partial charge in [0, 0.05) is 21.0 Å². The van der Waals surface area contributed by atoms with Crippen LogP contribution in [0.5, 0.6) is 0 Å². The van der Waals surface area contributed by atoms with Crippen LogP contribution in [0.2, 0.25) is 0 Å².